The lowest BCUT2D eigenvalue weighted by Gasteiger charge is -2.30. The molecule has 3 aliphatic rings. The number of ether oxygens (including phenoxy) is 2. The number of para-hydroxylation sites is 2. The van der Waals surface area contributed by atoms with Gasteiger partial charge in [-0.2, -0.15) is 0 Å². The van der Waals surface area contributed by atoms with Gasteiger partial charge in [-0.3, -0.25) is 14.5 Å². The maximum absolute atomic E-state index is 14.7. The number of hydrogen-bond donors (Lipinski definition) is 2. The fraction of sp³-hybridized carbons (Fsp3) is 0.378. The molecule has 4 amide bonds. The number of urea groups is 1. The summed E-state index contributed by atoms with van der Waals surface area (Å²) in [7, 11) is -4.65. The second kappa shape index (κ2) is 14.3. The van der Waals surface area contributed by atoms with E-state index < -0.39 is 33.9 Å². The molecule has 0 spiro atoms. The van der Waals surface area contributed by atoms with Crippen LogP contribution >= 0.6 is 0 Å². The summed E-state index contributed by atoms with van der Waals surface area (Å²) in [6.45, 7) is 2.00. The Morgan fingerprint density at radius 2 is 1.70 bits per heavy atom. The fourth-order valence-corrected chi connectivity index (χ4v) is 8.91. The van der Waals surface area contributed by atoms with E-state index in [0.717, 1.165) is 45.8 Å². The van der Waals surface area contributed by atoms with Crippen LogP contribution in [0.15, 0.2) is 83.9 Å². The number of morpholine rings is 1. The van der Waals surface area contributed by atoms with Crippen LogP contribution in [0, 0.1) is 11.8 Å². The third kappa shape index (κ3) is 6.60. The Hall–Kier alpha value is -4.72. The van der Waals surface area contributed by atoms with Crippen molar-refractivity contribution < 1.29 is 32.3 Å². The number of rotatable bonds is 10. The van der Waals surface area contributed by atoms with Gasteiger partial charge in [0.25, 0.3) is 21.8 Å². The van der Waals surface area contributed by atoms with Gasteiger partial charge in [-0.1, -0.05) is 42.8 Å². The standard InChI is InChI=1S/C37H41N5O7S/c38-22-25-7-6-8-26(19-25)24-41-36(44)33(20-27-23-39-32-12-5-4-11-30(27)32)42(37(41)45)50(46,47)29-13-14-34(49-28-9-2-1-3-10-28)31(21-29)35(43)40-15-17-48-18-16-40/h1-5,9-14,21,23,25-26,33,39H,6-8,15-20,22,24,38H2. The zero-order valence-corrected chi connectivity index (χ0v) is 28.5. The molecule has 0 bridgehead atoms. The second-order valence-electron chi connectivity index (χ2n) is 13.2. The molecule has 4 aromatic rings. The minimum Gasteiger partial charge on any atom is -0.457 e. The predicted octanol–water partition coefficient (Wildman–Crippen LogP) is 4.76. The molecule has 1 aromatic heterocycles. The highest BCUT2D eigenvalue weighted by Gasteiger charge is 2.52. The Kier molecular flexibility index (Phi) is 9.63. The molecule has 13 heteroatoms. The number of sulfonamides is 1. The highest BCUT2D eigenvalue weighted by Crippen LogP contribution is 2.36. The largest absolute Gasteiger partial charge is 0.457 e. The van der Waals surface area contributed by atoms with Crippen LogP contribution in [0.1, 0.15) is 41.6 Å². The Labute approximate surface area is 291 Å². The number of nitrogens with two attached hydrogens (primary N) is 1. The Morgan fingerprint density at radius 3 is 2.48 bits per heavy atom. The van der Waals surface area contributed by atoms with Gasteiger partial charge in [-0.15, -0.1) is 0 Å². The van der Waals surface area contributed by atoms with E-state index in [0.29, 0.717) is 50.1 Å². The number of H-pyrrole nitrogens is 1. The summed E-state index contributed by atoms with van der Waals surface area (Å²) in [5, 5.41) is 0.836. The van der Waals surface area contributed by atoms with Crippen LogP contribution in [0.3, 0.4) is 0 Å². The Morgan fingerprint density at radius 1 is 0.960 bits per heavy atom. The first-order chi connectivity index (χ1) is 24.2. The number of carbonyl (C=O) groups excluding carboxylic acids is 3. The van der Waals surface area contributed by atoms with Crippen molar-refractivity contribution >= 4 is 38.8 Å². The van der Waals surface area contributed by atoms with E-state index in [9.17, 15) is 22.8 Å². The molecular formula is C37H41N5O7S. The number of nitrogens with one attached hydrogen (secondary N) is 1. The average molecular weight is 700 g/mol. The molecule has 3 N–H and O–H groups in total. The lowest BCUT2D eigenvalue weighted by molar-refractivity contribution is -0.128. The molecule has 3 aromatic carbocycles. The molecule has 0 radical (unpaired) electrons. The topological polar surface area (TPSA) is 155 Å². The molecule has 3 fully saturated rings. The zero-order valence-electron chi connectivity index (χ0n) is 27.7. The van der Waals surface area contributed by atoms with E-state index in [-0.39, 0.29) is 35.1 Å². The van der Waals surface area contributed by atoms with Gasteiger partial charge in [-0.05, 0) is 79.6 Å². The number of benzene rings is 3. The minimum atomic E-state index is -4.65. The van der Waals surface area contributed by atoms with Gasteiger partial charge in [0.2, 0.25) is 0 Å². The predicted molar refractivity (Wildman–Crippen MR) is 186 cm³/mol. The maximum atomic E-state index is 14.7. The van der Waals surface area contributed by atoms with E-state index in [1.54, 1.807) is 35.4 Å². The van der Waals surface area contributed by atoms with Crippen molar-refractivity contribution in [3.05, 3.63) is 90.1 Å². The molecule has 7 rings (SSSR count). The molecule has 1 saturated carbocycles. The molecule has 3 atom stereocenters. The van der Waals surface area contributed by atoms with E-state index in [1.807, 2.05) is 30.3 Å². The van der Waals surface area contributed by atoms with Crippen LogP contribution in [-0.2, 0) is 26.0 Å². The second-order valence-corrected chi connectivity index (χ2v) is 15.0. The summed E-state index contributed by atoms with van der Waals surface area (Å²) in [4.78, 5) is 47.9. The van der Waals surface area contributed by atoms with Crippen LogP contribution in [-0.4, -0.2) is 90.8 Å². The van der Waals surface area contributed by atoms with Crippen LogP contribution < -0.4 is 10.5 Å². The molecule has 3 unspecified atom stereocenters. The summed E-state index contributed by atoms with van der Waals surface area (Å²) in [6.07, 6.45) is 5.24. The quantitative estimate of drug-likeness (QED) is 0.225. The minimum absolute atomic E-state index is 0.0187. The van der Waals surface area contributed by atoms with E-state index in [1.165, 1.54) is 18.2 Å². The Bertz CT molecular complexity index is 1990. The van der Waals surface area contributed by atoms with Crippen molar-refractivity contribution in [3.8, 4) is 11.5 Å². The summed E-state index contributed by atoms with van der Waals surface area (Å²) in [5.74, 6) is -0.0416. The van der Waals surface area contributed by atoms with Crippen molar-refractivity contribution in [1.82, 2.24) is 19.1 Å². The van der Waals surface area contributed by atoms with Crippen LogP contribution in [0.25, 0.3) is 10.9 Å². The summed E-state index contributed by atoms with van der Waals surface area (Å²) in [5.41, 5.74) is 7.54. The van der Waals surface area contributed by atoms with Gasteiger partial charge in [-0.25, -0.2) is 17.5 Å². The number of nitrogens with zero attached hydrogens (tertiary/aromatic N) is 3. The first-order valence-corrected chi connectivity index (χ1v) is 18.6. The van der Waals surface area contributed by atoms with Gasteiger partial charge < -0.3 is 25.1 Å². The number of amides is 4. The molecular weight excluding hydrogens is 659 g/mol. The third-order valence-electron chi connectivity index (χ3n) is 10.0. The average Bonchev–Trinajstić information content (AvgIpc) is 3.66. The van der Waals surface area contributed by atoms with Gasteiger partial charge >= 0.3 is 6.03 Å². The van der Waals surface area contributed by atoms with E-state index >= 15 is 0 Å². The van der Waals surface area contributed by atoms with Gasteiger partial charge in [0.05, 0.1) is 23.7 Å². The van der Waals surface area contributed by atoms with E-state index in [2.05, 4.69) is 4.98 Å². The summed E-state index contributed by atoms with van der Waals surface area (Å²) < 4.78 is 41.6. The number of hydrogen-bond acceptors (Lipinski definition) is 8. The monoisotopic (exact) mass is 699 g/mol. The lowest BCUT2D eigenvalue weighted by atomic mass is 9.81. The van der Waals surface area contributed by atoms with Crippen LogP contribution in [0.4, 0.5) is 4.79 Å². The number of imide groups is 1. The molecule has 2 aliphatic heterocycles. The molecule has 3 heterocycles. The summed E-state index contributed by atoms with van der Waals surface area (Å²) >= 11 is 0. The highest BCUT2D eigenvalue weighted by molar-refractivity contribution is 7.89. The van der Waals surface area contributed by atoms with Crippen molar-refractivity contribution in [1.29, 1.82) is 0 Å². The van der Waals surface area contributed by atoms with Crippen LogP contribution in [0.2, 0.25) is 0 Å². The summed E-state index contributed by atoms with van der Waals surface area (Å²) in [6, 6.07) is 18.2. The first-order valence-electron chi connectivity index (χ1n) is 17.1. The SMILES string of the molecule is NCC1CCCC(CN2C(=O)C(Cc3c[nH]c4ccccc34)N(S(=O)(=O)c3ccc(Oc4ccccc4)c(C(=O)N4CCOCC4)c3)C2=O)C1. The normalized spacial score (nSPS) is 21.6. The maximum Gasteiger partial charge on any atom is 0.341 e. The number of aromatic nitrogens is 1. The number of aromatic amines is 1. The van der Waals surface area contributed by atoms with Crippen molar-refractivity contribution in [2.45, 2.75) is 43.0 Å². The number of fused-ring (bicyclic) bond motifs is 1. The fourth-order valence-electron chi connectivity index (χ4n) is 7.38. The molecule has 262 valence electrons. The first kappa shape index (κ1) is 33.8. The highest BCUT2D eigenvalue weighted by atomic mass is 32.2. The lowest BCUT2D eigenvalue weighted by Crippen LogP contribution is -2.42. The van der Waals surface area contributed by atoms with E-state index in [4.69, 9.17) is 15.2 Å². The zero-order chi connectivity index (χ0) is 34.8. The third-order valence-corrected chi connectivity index (χ3v) is 11.8. The van der Waals surface area contributed by atoms with Gasteiger partial charge in [0, 0.05) is 43.2 Å². The molecule has 1 aliphatic carbocycles. The molecule has 50 heavy (non-hydrogen) atoms. The van der Waals surface area contributed by atoms with Crippen molar-refractivity contribution in [2.75, 3.05) is 39.4 Å². The Balaban J connectivity index is 1.27. The van der Waals surface area contributed by atoms with Gasteiger partial charge in [0.1, 0.15) is 17.5 Å². The van der Waals surface area contributed by atoms with Crippen LogP contribution in [0.5, 0.6) is 11.5 Å². The van der Waals surface area contributed by atoms with Crippen molar-refractivity contribution in [3.63, 3.8) is 0 Å². The molecule has 12 nitrogen and oxygen atoms in total. The molecule has 2 saturated heterocycles. The number of carbonyl (C=O) groups is 3. The smallest absolute Gasteiger partial charge is 0.341 e. The van der Waals surface area contributed by atoms with Crippen molar-refractivity contribution in [2.24, 2.45) is 17.6 Å². The van der Waals surface area contributed by atoms with Gasteiger partial charge in [0.15, 0.2) is 0 Å².